The van der Waals surface area contributed by atoms with Gasteiger partial charge in [0.2, 0.25) is 5.76 Å². The molecule has 2 unspecified atom stereocenters. The van der Waals surface area contributed by atoms with Gasteiger partial charge in [-0.05, 0) is 13.3 Å². The number of oxazole rings is 1. The second kappa shape index (κ2) is 6.26. The molecule has 1 aliphatic rings. The second-order valence-corrected chi connectivity index (χ2v) is 5.20. The molecule has 1 aromatic heterocycles. The van der Waals surface area contributed by atoms with Crippen LogP contribution >= 0.6 is 0 Å². The van der Waals surface area contributed by atoms with E-state index in [0.29, 0.717) is 18.1 Å². The van der Waals surface area contributed by atoms with E-state index >= 15 is 0 Å². The molecule has 0 bridgehead atoms. The van der Waals surface area contributed by atoms with Gasteiger partial charge in [-0.15, -0.1) is 0 Å². The lowest BCUT2D eigenvalue weighted by atomic mass is 10.0. The Morgan fingerprint density at radius 3 is 2.62 bits per heavy atom. The molecule has 0 aliphatic carbocycles. The molecular formula is C14H20N2O5. The van der Waals surface area contributed by atoms with Gasteiger partial charge in [0.15, 0.2) is 5.89 Å². The number of carboxylic acids is 1. The highest BCUT2D eigenvalue weighted by Gasteiger charge is 2.41. The van der Waals surface area contributed by atoms with Crippen molar-refractivity contribution < 1.29 is 23.8 Å². The number of hydrogen-bond donors (Lipinski definition) is 1. The fourth-order valence-electron chi connectivity index (χ4n) is 2.61. The summed E-state index contributed by atoms with van der Waals surface area (Å²) in [6, 6.07) is -0.472. The Morgan fingerprint density at radius 1 is 1.38 bits per heavy atom. The van der Waals surface area contributed by atoms with Crippen molar-refractivity contribution in [3.05, 3.63) is 17.3 Å². The number of ether oxygens (including phenoxy) is 1. The van der Waals surface area contributed by atoms with Crippen LogP contribution in [-0.2, 0) is 9.53 Å². The summed E-state index contributed by atoms with van der Waals surface area (Å²) >= 11 is 0. The van der Waals surface area contributed by atoms with Gasteiger partial charge >= 0.3 is 5.97 Å². The summed E-state index contributed by atoms with van der Waals surface area (Å²) in [5.74, 6) is -1.37. The number of aliphatic carboxylic acids is 1. The topological polar surface area (TPSA) is 92.9 Å². The third-order valence-electron chi connectivity index (χ3n) is 3.59. The number of carboxylic acid groups (broad SMARTS) is 1. The van der Waals surface area contributed by atoms with Crippen molar-refractivity contribution in [2.24, 2.45) is 5.92 Å². The summed E-state index contributed by atoms with van der Waals surface area (Å²) in [6.07, 6.45) is 0.723. The van der Waals surface area contributed by atoms with E-state index in [9.17, 15) is 14.7 Å². The first-order valence-electron chi connectivity index (χ1n) is 7.01. The fourth-order valence-corrected chi connectivity index (χ4v) is 2.61. The molecule has 21 heavy (non-hydrogen) atoms. The van der Waals surface area contributed by atoms with Gasteiger partial charge in [0.05, 0.1) is 24.9 Å². The van der Waals surface area contributed by atoms with Crippen LogP contribution in [-0.4, -0.2) is 52.7 Å². The number of amides is 1. The summed E-state index contributed by atoms with van der Waals surface area (Å²) in [5, 5.41) is 9.26. The molecule has 1 amide bonds. The number of nitrogens with zero attached hydrogens (tertiary/aromatic N) is 2. The van der Waals surface area contributed by atoms with Crippen LogP contribution in [0, 0.1) is 19.8 Å². The number of hydrogen-bond acceptors (Lipinski definition) is 5. The first-order chi connectivity index (χ1) is 9.95. The molecule has 1 N–H and O–H groups in total. The Morgan fingerprint density at radius 2 is 2.10 bits per heavy atom. The molecule has 0 spiro atoms. The van der Waals surface area contributed by atoms with E-state index in [2.05, 4.69) is 4.98 Å². The Hall–Kier alpha value is -1.89. The molecule has 2 rings (SSSR count). The Labute approximate surface area is 122 Å². The summed E-state index contributed by atoms with van der Waals surface area (Å²) in [4.78, 5) is 29.6. The highest BCUT2D eigenvalue weighted by atomic mass is 16.5. The lowest BCUT2D eigenvalue weighted by Crippen LogP contribution is -2.47. The smallest absolute Gasteiger partial charge is 0.311 e. The van der Waals surface area contributed by atoms with Crippen molar-refractivity contribution in [2.75, 3.05) is 19.8 Å². The molecule has 0 aromatic carbocycles. The molecule has 0 saturated carbocycles. The Kier molecular flexibility index (Phi) is 4.62. The molecule has 7 nitrogen and oxygen atoms in total. The molecule has 0 radical (unpaired) electrons. The maximum absolute atomic E-state index is 12.7. The zero-order valence-corrected chi connectivity index (χ0v) is 12.5. The van der Waals surface area contributed by atoms with Crippen molar-refractivity contribution in [1.82, 2.24) is 9.88 Å². The SMILES string of the molecule is CCCN(C(=O)c1oc(C)nc1C)C1COCC1C(=O)O. The summed E-state index contributed by atoms with van der Waals surface area (Å²) in [6.45, 7) is 6.12. The predicted octanol–water partition coefficient (Wildman–Crippen LogP) is 1.24. The first-order valence-corrected chi connectivity index (χ1v) is 7.01. The highest BCUT2D eigenvalue weighted by molar-refractivity contribution is 5.93. The number of aryl methyl sites for hydroxylation is 2. The lowest BCUT2D eigenvalue weighted by Gasteiger charge is -2.29. The number of aromatic nitrogens is 1. The summed E-state index contributed by atoms with van der Waals surface area (Å²) in [7, 11) is 0. The molecule has 7 heteroatoms. The number of carbonyl (C=O) groups is 2. The fraction of sp³-hybridized carbons (Fsp3) is 0.643. The van der Waals surface area contributed by atoms with Crippen molar-refractivity contribution in [3.63, 3.8) is 0 Å². The average molecular weight is 296 g/mol. The standard InChI is InChI=1S/C14H20N2O5/c1-4-5-16(11-7-20-6-10(11)14(18)19)13(17)12-8(2)15-9(3)21-12/h10-11H,4-7H2,1-3H3,(H,18,19). The first kappa shape index (κ1) is 15.5. The Balaban J connectivity index is 2.28. The van der Waals surface area contributed by atoms with E-state index < -0.39 is 17.9 Å². The minimum absolute atomic E-state index is 0.127. The van der Waals surface area contributed by atoms with E-state index in [1.54, 1.807) is 18.7 Å². The van der Waals surface area contributed by atoms with Gasteiger partial charge in [-0.3, -0.25) is 9.59 Å². The van der Waals surface area contributed by atoms with Gasteiger partial charge in [-0.25, -0.2) is 4.98 Å². The maximum Gasteiger partial charge on any atom is 0.311 e. The second-order valence-electron chi connectivity index (χ2n) is 5.20. The van der Waals surface area contributed by atoms with Crippen LogP contribution in [0.3, 0.4) is 0 Å². The van der Waals surface area contributed by atoms with E-state index in [4.69, 9.17) is 9.15 Å². The van der Waals surface area contributed by atoms with Crippen molar-refractivity contribution in [2.45, 2.75) is 33.2 Å². The molecule has 1 aromatic rings. The third-order valence-corrected chi connectivity index (χ3v) is 3.59. The van der Waals surface area contributed by atoms with Gasteiger partial charge in [-0.1, -0.05) is 6.92 Å². The minimum Gasteiger partial charge on any atom is -0.481 e. The van der Waals surface area contributed by atoms with Crippen molar-refractivity contribution in [3.8, 4) is 0 Å². The normalized spacial score (nSPS) is 21.5. The lowest BCUT2D eigenvalue weighted by molar-refractivity contribution is -0.142. The average Bonchev–Trinajstić information content (AvgIpc) is 3.01. The number of rotatable bonds is 5. The molecule has 116 valence electrons. The van der Waals surface area contributed by atoms with Gasteiger partial charge in [0, 0.05) is 13.5 Å². The van der Waals surface area contributed by atoms with Crippen LogP contribution in [0.2, 0.25) is 0 Å². The van der Waals surface area contributed by atoms with E-state index in [-0.39, 0.29) is 24.9 Å². The van der Waals surface area contributed by atoms with Crippen LogP contribution in [0.4, 0.5) is 0 Å². The predicted molar refractivity (Wildman–Crippen MR) is 73.0 cm³/mol. The highest BCUT2D eigenvalue weighted by Crippen LogP contribution is 2.23. The van der Waals surface area contributed by atoms with E-state index in [1.165, 1.54) is 0 Å². The largest absolute Gasteiger partial charge is 0.481 e. The van der Waals surface area contributed by atoms with Crippen LogP contribution < -0.4 is 0 Å². The molecule has 1 saturated heterocycles. The molecule has 2 atom stereocenters. The molecule has 1 fully saturated rings. The van der Waals surface area contributed by atoms with Gasteiger partial charge in [0.1, 0.15) is 5.92 Å². The third kappa shape index (κ3) is 3.07. The maximum atomic E-state index is 12.7. The summed E-state index contributed by atoms with van der Waals surface area (Å²) in [5.41, 5.74) is 0.518. The van der Waals surface area contributed by atoms with Crippen LogP contribution in [0.15, 0.2) is 4.42 Å². The van der Waals surface area contributed by atoms with Gasteiger partial charge in [0.25, 0.3) is 5.91 Å². The molecule has 1 aliphatic heterocycles. The zero-order chi connectivity index (χ0) is 15.6. The quantitative estimate of drug-likeness (QED) is 0.878. The van der Waals surface area contributed by atoms with Crippen molar-refractivity contribution >= 4 is 11.9 Å². The van der Waals surface area contributed by atoms with Gasteiger partial charge in [-0.2, -0.15) is 0 Å². The molecule has 2 heterocycles. The van der Waals surface area contributed by atoms with E-state index in [0.717, 1.165) is 6.42 Å². The Bertz CT molecular complexity index is 539. The van der Waals surface area contributed by atoms with Crippen LogP contribution in [0.1, 0.15) is 35.5 Å². The number of carbonyl (C=O) groups excluding carboxylic acids is 1. The van der Waals surface area contributed by atoms with Gasteiger partial charge < -0.3 is 19.2 Å². The van der Waals surface area contributed by atoms with Crippen LogP contribution in [0.25, 0.3) is 0 Å². The van der Waals surface area contributed by atoms with E-state index in [1.807, 2.05) is 6.92 Å². The van der Waals surface area contributed by atoms with Crippen LogP contribution in [0.5, 0.6) is 0 Å². The monoisotopic (exact) mass is 296 g/mol. The molecular weight excluding hydrogens is 276 g/mol. The summed E-state index contributed by atoms with van der Waals surface area (Å²) < 4.78 is 10.6. The van der Waals surface area contributed by atoms with Crippen molar-refractivity contribution in [1.29, 1.82) is 0 Å². The minimum atomic E-state index is -0.947. The zero-order valence-electron chi connectivity index (χ0n) is 12.5.